The van der Waals surface area contributed by atoms with Gasteiger partial charge in [-0.15, -0.1) is 0 Å². The second-order valence-corrected chi connectivity index (χ2v) is 7.10. The molecule has 23 heavy (non-hydrogen) atoms. The third-order valence-electron chi connectivity index (χ3n) is 3.63. The molecule has 2 heterocycles. The fourth-order valence-electron chi connectivity index (χ4n) is 2.63. The number of fused-ring (bicyclic) bond motifs is 1. The van der Waals surface area contributed by atoms with Gasteiger partial charge in [0.2, 0.25) is 10.0 Å². The normalized spacial score (nSPS) is 23.7. The highest BCUT2D eigenvalue weighted by Crippen LogP contribution is 2.41. The van der Waals surface area contributed by atoms with Crippen molar-refractivity contribution in [3.63, 3.8) is 0 Å². The van der Waals surface area contributed by atoms with Crippen molar-refractivity contribution in [1.29, 1.82) is 0 Å². The second kappa shape index (κ2) is 5.31. The molecule has 0 bridgehead atoms. The van der Waals surface area contributed by atoms with Crippen LogP contribution >= 0.6 is 0 Å². The first-order valence-corrected chi connectivity index (χ1v) is 8.17. The van der Waals surface area contributed by atoms with Crippen molar-refractivity contribution < 1.29 is 36.6 Å². The fourth-order valence-corrected chi connectivity index (χ4v) is 4.38. The van der Waals surface area contributed by atoms with Gasteiger partial charge in [-0.2, -0.15) is 4.31 Å². The fraction of sp³-hybridized carbons (Fsp3) is 0.462. The number of ether oxygens (including phenoxy) is 2. The number of para-hydroxylation sites is 1. The van der Waals surface area contributed by atoms with Crippen molar-refractivity contribution in [3.8, 4) is 11.5 Å². The topological polar surface area (TPSA) is 93.1 Å². The summed E-state index contributed by atoms with van der Waals surface area (Å²) in [5.74, 6) is -4.93. The van der Waals surface area contributed by atoms with Crippen molar-refractivity contribution >= 4 is 16.0 Å². The van der Waals surface area contributed by atoms with Crippen LogP contribution in [0.1, 0.15) is 6.42 Å². The van der Waals surface area contributed by atoms with Crippen molar-refractivity contribution in [1.82, 2.24) is 4.31 Å². The second-order valence-electron chi connectivity index (χ2n) is 5.24. The van der Waals surface area contributed by atoms with E-state index < -0.39 is 40.9 Å². The lowest BCUT2D eigenvalue weighted by Crippen LogP contribution is -2.41. The summed E-state index contributed by atoms with van der Waals surface area (Å²) in [4.78, 5) is 10.8. The first-order valence-electron chi connectivity index (χ1n) is 6.73. The van der Waals surface area contributed by atoms with E-state index in [1.54, 1.807) is 0 Å². The van der Waals surface area contributed by atoms with Gasteiger partial charge >= 0.3 is 5.97 Å². The van der Waals surface area contributed by atoms with Crippen molar-refractivity contribution in [2.24, 2.45) is 0 Å². The quantitative estimate of drug-likeness (QED) is 0.873. The highest BCUT2D eigenvalue weighted by Gasteiger charge is 2.53. The molecule has 1 N–H and O–H groups in total. The van der Waals surface area contributed by atoms with Crippen LogP contribution in [0.5, 0.6) is 11.5 Å². The number of aliphatic carboxylic acids is 1. The summed E-state index contributed by atoms with van der Waals surface area (Å²) < 4.78 is 63.4. The SMILES string of the molecule is O=C(O)[C@H]1CC(F)(F)CN1S(=O)(=O)c1cccc2c1OCCO2. The standard InChI is InChI=1S/C13H13F2NO6S/c14-13(15)6-8(12(17)18)16(7-13)23(19,20)10-3-1-2-9-11(10)22-5-4-21-9/h1-3,8H,4-7H2,(H,17,18)/t8-/m1/s1. The van der Waals surface area contributed by atoms with E-state index in [0.29, 0.717) is 4.31 Å². The Morgan fingerprint density at radius 2 is 2.00 bits per heavy atom. The zero-order chi connectivity index (χ0) is 16.8. The highest BCUT2D eigenvalue weighted by molar-refractivity contribution is 7.89. The summed E-state index contributed by atoms with van der Waals surface area (Å²) in [6.07, 6.45) is -1.06. The van der Waals surface area contributed by atoms with Crippen LogP contribution in [0.15, 0.2) is 23.1 Å². The zero-order valence-electron chi connectivity index (χ0n) is 11.7. The van der Waals surface area contributed by atoms with Gasteiger partial charge in [-0.05, 0) is 12.1 Å². The monoisotopic (exact) mass is 349 g/mol. The third-order valence-corrected chi connectivity index (χ3v) is 5.51. The predicted molar refractivity (Wildman–Crippen MR) is 72.3 cm³/mol. The molecule has 2 aliphatic rings. The van der Waals surface area contributed by atoms with Gasteiger partial charge < -0.3 is 14.6 Å². The third kappa shape index (κ3) is 2.72. The van der Waals surface area contributed by atoms with Gasteiger partial charge in [-0.3, -0.25) is 4.79 Å². The Morgan fingerprint density at radius 1 is 1.30 bits per heavy atom. The summed E-state index contributed by atoms with van der Waals surface area (Å²) in [6.45, 7) is -0.842. The van der Waals surface area contributed by atoms with Crippen LogP contribution < -0.4 is 9.47 Å². The Labute approximate surface area is 130 Å². The van der Waals surface area contributed by atoms with E-state index in [2.05, 4.69) is 0 Å². The number of sulfonamides is 1. The van der Waals surface area contributed by atoms with E-state index in [4.69, 9.17) is 14.6 Å². The van der Waals surface area contributed by atoms with Crippen LogP contribution in [0, 0.1) is 0 Å². The number of rotatable bonds is 3. The van der Waals surface area contributed by atoms with Gasteiger partial charge in [0.15, 0.2) is 11.5 Å². The van der Waals surface area contributed by atoms with E-state index in [0.717, 1.165) is 0 Å². The van der Waals surface area contributed by atoms with Crippen LogP contribution in [0.25, 0.3) is 0 Å². The molecule has 126 valence electrons. The molecular formula is C13H13F2NO6S. The van der Waals surface area contributed by atoms with Gasteiger partial charge in [0.25, 0.3) is 5.92 Å². The first kappa shape index (κ1) is 15.9. The largest absolute Gasteiger partial charge is 0.486 e. The number of hydrogen-bond acceptors (Lipinski definition) is 5. The Hall–Kier alpha value is -1.94. The zero-order valence-corrected chi connectivity index (χ0v) is 12.6. The molecule has 0 radical (unpaired) electrons. The molecule has 0 saturated carbocycles. The lowest BCUT2D eigenvalue weighted by Gasteiger charge is -2.25. The van der Waals surface area contributed by atoms with Crippen LogP contribution in [-0.4, -0.2) is 55.5 Å². The maximum atomic E-state index is 13.6. The van der Waals surface area contributed by atoms with Crippen LogP contribution in [0.4, 0.5) is 8.78 Å². The molecular weight excluding hydrogens is 336 g/mol. The number of benzene rings is 1. The minimum absolute atomic E-state index is 0.0851. The number of carbonyl (C=O) groups is 1. The molecule has 10 heteroatoms. The molecule has 0 aliphatic carbocycles. The van der Waals surface area contributed by atoms with Gasteiger partial charge in [0, 0.05) is 6.42 Å². The molecule has 3 rings (SSSR count). The van der Waals surface area contributed by atoms with E-state index in [-0.39, 0.29) is 29.6 Å². The maximum absolute atomic E-state index is 13.6. The average molecular weight is 349 g/mol. The van der Waals surface area contributed by atoms with Crippen molar-refractivity contribution in [2.75, 3.05) is 19.8 Å². The first-order chi connectivity index (χ1) is 10.7. The molecule has 2 aliphatic heterocycles. The molecule has 1 aromatic carbocycles. The average Bonchev–Trinajstić information content (AvgIpc) is 2.83. The van der Waals surface area contributed by atoms with E-state index in [1.807, 2.05) is 0 Å². The summed E-state index contributed by atoms with van der Waals surface area (Å²) in [5.41, 5.74) is 0. The van der Waals surface area contributed by atoms with E-state index in [9.17, 15) is 22.0 Å². The molecule has 1 aromatic rings. The smallest absolute Gasteiger partial charge is 0.322 e. The van der Waals surface area contributed by atoms with E-state index >= 15 is 0 Å². The summed E-state index contributed by atoms with van der Waals surface area (Å²) >= 11 is 0. The Morgan fingerprint density at radius 3 is 2.70 bits per heavy atom. The lowest BCUT2D eigenvalue weighted by molar-refractivity contribution is -0.141. The van der Waals surface area contributed by atoms with Crippen LogP contribution in [0.2, 0.25) is 0 Å². The molecule has 1 saturated heterocycles. The number of carboxylic acids is 1. The molecule has 0 amide bonds. The molecule has 1 fully saturated rings. The number of hydrogen-bond donors (Lipinski definition) is 1. The lowest BCUT2D eigenvalue weighted by atomic mass is 10.2. The highest BCUT2D eigenvalue weighted by atomic mass is 32.2. The molecule has 7 nitrogen and oxygen atoms in total. The van der Waals surface area contributed by atoms with Gasteiger partial charge in [0.1, 0.15) is 24.2 Å². The summed E-state index contributed by atoms with van der Waals surface area (Å²) in [5, 5.41) is 9.07. The summed E-state index contributed by atoms with van der Waals surface area (Å²) in [6, 6.07) is 2.22. The molecule has 0 unspecified atom stereocenters. The van der Waals surface area contributed by atoms with E-state index in [1.165, 1.54) is 18.2 Å². The van der Waals surface area contributed by atoms with Crippen LogP contribution in [-0.2, 0) is 14.8 Å². The number of alkyl halides is 2. The number of halogens is 2. The van der Waals surface area contributed by atoms with Gasteiger partial charge in [-0.1, -0.05) is 6.07 Å². The Balaban J connectivity index is 2.07. The number of nitrogens with zero attached hydrogens (tertiary/aromatic N) is 1. The number of carboxylic acid groups (broad SMARTS) is 1. The molecule has 0 spiro atoms. The minimum atomic E-state index is -4.48. The van der Waals surface area contributed by atoms with Gasteiger partial charge in [-0.25, -0.2) is 17.2 Å². The molecule has 1 atom stereocenters. The minimum Gasteiger partial charge on any atom is -0.486 e. The Bertz CT molecular complexity index is 751. The summed E-state index contributed by atoms with van der Waals surface area (Å²) in [7, 11) is -4.48. The van der Waals surface area contributed by atoms with Crippen molar-refractivity contribution in [3.05, 3.63) is 18.2 Å². The Kier molecular flexibility index (Phi) is 3.68. The van der Waals surface area contributed by atoms with Crippen molar-refractivity contribution in [2.45, 2.75) is 23.3 Å². The van der Waals surface area contributed by atoms with Crippen LogP contribution in [0.3, 0.4) is 0 Å². The maximum Gasteiger partial charge on any atom is 0.322 e. The van der Waals surface area contributed by atoms with Gasteiger partial charge in [0.05, 0.1) is 6.54 Å². The molecule has 0 aromatic heterocycles. The predicted octanol–water partition coefficient (Wildman–Crippen LogP) is 0.941.